The van der Waals surface area contributed by atoms with E-state index in [0.29, 0.717) is 24.5 Å². The molecule has 1 amide bonds. The predicted molar refractivity (Wildman–Crippen MR) is 77.1 cm³/mol. The number of rotatable bonds is 6. The van der Waals surface area contributed by atoms with Gasteiger partial charge in [-0.25, -0.2) is 0 Å². The molecule has 1 saturated heterocycles. The molecule has 1 aromatic carbocycles. The van der Waals surface area contributed by atoms with Gasteiger partial charge in [-0.1, -0.05) is 12.1 Å². The lowest BCUT2D eigenvalue weighted by molar-refractivity contribution is -0.122. The molecule has 1 aliphatic rings. The standard InChI is InChI=1S/C15H22N2O3/c1-19-13-6-2-3-7-14(13)20-10-8-15(18)17-12-5-4-9-16-11-12/h2-3,6-7,12,16H,4-5,8-11H2,1H3,(H,17,18). The molecule has 2 rings (SSSR count). The third-order valence-electron chi connectivity index (χ3n) is 3.32. The molecule has 1 aliphatic heterocycles. The van der Waals surface area contributed by atoms with Crippen molar-refractivity contribution in [2.75, 3.05) is 26.8 Å². The van der Waals surface area contributed by atoms with Crippen LogP contribution >= 0.6 is 0 Å². The average molecular weight is 278 g/mol. The van der Waals surface area contributed by atoms with Crippen molar-refractivity contribution in [3.05, 3.63) is 24.3 Å². The summed E-state index contributed by atoms with van der Waals surface area (Å²) >= 11 is 0. The van der Waals surface area contributed by atoms with Gasteiger partial charge >= 0.3 is 0 Å². The Morgan fingerprint density at radius 3 is 2.90 bits per heavy atom. The summed E-state index contributed by atoms with van der Waals surface area (Å²) in [5.74, 6) is 1.39. The lowest BCUT2D eigenvalue weighted by atomic mass is 10.1. The molecule has 0 spiro atoms. The van der Waals surface area contributed by atoms with Gasteiger partial charge in [-0.2, -0.15) is 0 Å². The fraction of sp³-hybridized carbons (Fsp3) is 0.533. The molecule has 5 heteroatoms. The van der Waals surface area contributed by atoms with Crippen molar-refractivity contribution in [3.8, 4) is 11.5 Å². The monoisotopic (exact) mass is 278 g/mol. The molecule has 0 aromatic heterocycles. The van der Waals surface area contributed by atoms with E-state index >= 15 is 0 Å². The van der Waals surface area contributed by atoms with E-state index in [1.165, 1.54) is 0 Å². The number of carbonyl (C=O) groups excluding carboxylic acids is 1. The number of para-hydroxylation sites is 2. The topological polar surface area (TPSA) is 59.6 Å². The summed E-state index contributed by atoms with van der Waals surface area (Å²) in [6, 6.07) is 7.69. The Hall–Kier alpha value is -1.75. The first-order valence-electron chi connectivity index (χ1n) is 7.05. The van der Waals surface area contributed by atoms with Crippen molar-refractivity contribution in [2.24, 2.45) is 0 Å². The second kappa shape index (κ2) is 7.75. The van der Waals surface area contributed by atoms with Crippen LogP contribution in [0.2, 0.25) is 0 Å². The normalized spacial score (nSPS) is 18.4. The van der Waals surface area contributed by atoms with Crippen molar-refractivity contribution in [3.63, 3.8) is 0 Å². The largest absolute Gasteiger partial charge is 0.493 e. The first-order chi connectivity index (χ1) is 9.79. The molecule has 110 valence electrons. The summed E-state index contributed by atoms with van der Waals surface area (Å²) in [6.07, 6.45) is 2.52. The Bertz CT molecular complexity index is 431. The summed E-state index contributed by atoms with van der Waals surface area (Å²) in [4.78, 5) is 11.8. The second-order valence-corrected chi connectivity index (χ2v) is 4.86. The maximum absolute atomic E-state index is 11.8. The maximum atomic E-state index is 11.8. The van der Waals surface area contributed by atoms with E-state index < -0.39 is 0 Å². The van der Waals surface area contributed by atoms with E-state index in [4.69, 9.17) is 9.47 Å². The minimum absolute atomic E-state index is 0.0357. The van der Waals surface area contributed by atoms with Crippen LogP contribution in [0.5, 0.6) is 11.5 Å². The summed E-state index contributed by atoms with van der Waals surface area (Å²) < 4.78 is 10.8. The molecule has 2 N–H and O–H groups in total. The fourth-order valence-electron chi connectivity index (χ4n) is 2.27. The molecule has 5 nitrogen and oxygen atoms in total. The number of piperidine rings is 1. The van der Waals surface area contributed by atoms with E-state index in [-0.39, 0.29) is 11.9 Å². The molecule has 1 atom stereocenters. The van der Waals surface area contributed by atoms with Crippen LogP contribution in [-0.4, -0.2) is 38.8 Å². The van der Waals surface area contributed by atoms with Crippen LogP contribution in [0, 0.1) is 0 Å². The number of carbonyl (C=O) groups is 1. The Kier molecular flexibility index (Phi) is 5.68. The Morgan fingerprint density at radius 1 is 1.40 bits per heavy atom. The number of nitrogens with one attached hydrogen (secondary N) is 2. The van der Waals surface area contributed by atoms with Crippen LogP contribution in [0.1, 0.15) is 19.3 Å². The van der Waals surface area contributed by atoms with Crippen molar-refractivity contribution >= 4 is 5.91 Å². The van der Waals surface area contributed by atoms with Gasteiger partial charge in [0.05, 0.1) is 20.1 Å². The molecule has 0 radical (unpaired) electrons. The van der Waals surface area contributed by atoms with Gasteiger partial charge in [0, 0.05) is 12.6 Å². The first kappa shape index (κ1) is 14.7. The third-order valence-corrected chi connectivity index (χ3v) is 3.32. The molecule has 0 bridgehead atoms. The molecule has 1 unspecified atom stereocenters. The number of methoxy groups -OCH3 is 1. The highest BCUT2D eigenvalue weighted by Gasteiger charge is 2.15. The van der Waals surface area contributed by atoms with Gasteiger partial charge < -0.3 is 20.1 Å². The molecular weight excluding hydrogens is 256 g/mol. The van der Waals surface area contributed by atoms with Crippen LogP contribution < -0.4 is 20.1 Å². The zero-order valence-electron chi connectivity index (χ0n) is 11.9. The van der Waals surface area contributed by atoms with E-state index in [0.717, 1.165) is 25.9 Å². The minimum atomic E-state index is 0.0357. The van der Waals surface area contributed by atoms with Gasteiger partial charge in [0.2, 0.25) is 5.91 Å². The van der Waals surface area contributed by atoms with Gasteiger partial charge in [0.1, 0.15) is 0 Å². The molecule has 0 saturated carbocycles. The molecule has 1 fully saturated rings. The zero-order chi connectivity index (χ0) is 14.2. The molecule has 20 heavy (non-hydrogen) atoms. The average Bonchev–Trinajstić information content (AvgIpc) is 2.49. The van der Waals surface area contributed by atoms with Gasteiger partial charge in [-0.3, -0.25) is 4.79 Å². The maximum Gasteiger partial charge on any atom is 0.223 e. The lowest BCUT2D eigenvalue weighted by Crippen LogP contribution is -2.45. The quantitative estimate of drug-likeness (QED) is 0.824. The summed E-state index contributed by atoms with van der Waals surface area (Å²) in [7, 11) is 1.60. The van der Waals surface area contributed by atoms with E-state index in [1.54, 1.807) is 7.11 Å². The predicted octanol–water partition coefficient (Wildman–Crippen LogP) is 1.33. The third kappa shape index (κ3) is 4.42. The SMILES string of the molecule is COc1ccccc1OCCC(=O)NC1CCCNC1. The van der Waals surface area contributed by atoms with Gasteiger partial charge in [0.15, 0.2) is 11.5 Å². The van der Waals surface area contributed by atoms with Crippen LogP contribution in [0.4, 0.5) is 0 Å². The van der Waals surface area contributed by atoms with Crippen LogP contribution in [0.3, 0.4) is 0 Å². The molecule has 1 heterocycles. The van der Waals surface area contributed by atoms with Crippen LogP contribution in [0.15, 0.2) is 24.3 Å². The Balaban J connectivity index is 1.70. The van der Waals surface area contributed by atoms with E-state index in [1.807, 2.05) is 24.3 Å². The molecule has 1 aromatic rings. The minimum Gasteiger partial charge on any atom is -0.493 e. The smallest absolute Gasteiger partial charge is 0.223 e. The lowest BCUT2D eigenvalue weighted by Gasteiger charge is -2.23. The summed E-state index contributed by atoms with van der Waals surface area (Å²) in [5.41, 5.74) is 0. The number of benzene rings is 1. The summed E-state index contributed by atoms with van der Waals surface area (Å²) in [5, 5.41) is 6.30. The summed E-state index contributed by atoms with van der Waals surface area (Å²) in [6.45, 7) is 2.26. The highest BCUT2D eigenvalue weighted by Crippen LogP contribution is 2.25. The molecular formula is C15H22N2O3. The highest BCUT2D eigenvalue weighted by molar-refractivity contribution is 5.76. The Labute approximate surface area is 119 Å². The van der Waals surface area contributed by atoms with E-state index in [2.05, 4.69) is 10.6 Å². The van der Waals surface area contributed by atoms with Crippen molar-refractivity contribution < 1.29 is 14.3 Å². The fourth-order valence-corrected chi connectivity index (χ4v) is 2.27. The molecule has 0 aliphatic carbocycles. The number of ether oxygens (including phenoxy) is 2. The van der Waals surface area contributed by atoms with Gasteiger partial charge in [-0.15, -0.1) is 0 Å². The highest BCUT2D eigenvalue weighted by atomic mass is 16.5. The number of hydrogen-bond donors (Lipinski definition) is 2. The van der Waals surface area contributed by atoms with Gasteiger partial charge in [0.25, 0.3) is 0 Å². The van der Waals surface area contributed by atoms with Crippen molar-refractivity contribution in [1.82, 2.24) is 10.6 Å². The Morgan fingerprint density at radius 2 is 2.20 bits per heavy atom. The number of hydrogen-bond acceptors (Lipinski definition) is 4. The van der Waals surface area contributed by atoms with Crippen molar-refractivity contribution in [1.29, 1.82) is 0 Å². The number of amides is 1. The van der Waals surface area contributed by atoms with E-state index in [9.17, 15) is 4.79 Å². The second-order valence-electron chi connectivity index (χ2n) is 4.86. The van der Waals surface area contributed by atoms with Crippen LogP contribution in [-0.2, 0) is 4.79 Å². The van der Waals surface area contributed by atoms with Gasteiger partial charge in [-0.05, 0) is 31.5 Å². The zero-order valence-corrected chi connectivity index (χ0v) is 11.9. The van der Waals surface area contributed by atoms with Crippen molar-refractivity contribution in [2.45, 2.75) is 25.3 Å². The first-order valence-corrected chi connectivity index (χ1v) is 7.05. The van der Waals surface area contributed by atoms with Crippen LogP contribution in [0.25, 0.3) is 0 Å².